The van der Waals surface area contributed by atoms with Crippen molar-refractivity contribution in [3.8, 4) is 5.75 Å². The van der Waals surface area contributed by atoms with Crippen molar-refractivity contribution in [2.45, 2.75) is 27.2 Å². The van der Waals surface area contributed by atoms with Gasteiger partial charge in [-0.1, -0.05) is 24.3 Å². The van der Waals surface area contributed by atoms with Crippen LogP contribution < -0.4 is 4.74 Å². The number of aryl methyl sites for hydroxylation is 1. The first-order valence-electron chi connectivity index (χ1n) is 7.35. The standard InChI is InChI=1S/C18H24N2O/c1-6-16(14(3)19-15(4)20-10-7-11-20)17-12-13(2)8-9-18(17)21-5/h6,8-9,12H,1,7,10-11H2,2-5H3/b16-14+,19-15?. The first-order chi connectivity index (χ1) is 10.1. The number of hydrogen-bond acceptors (Lipinski definition) is 2. The number of ether oxygens (including phenoxy) is 1. The molecule has 0 aliphatic carbocycles. The number of likely N-dealkylation sites (tertiary alicyclic amines) is 1. The number of benzene rings is 1. The molecule has 1 aromatic carbocycles. The molecular weight excluding hydrogens is 260 g/mol. The smallest absolute Gasteiger partial charge is 0.126 e. The predicted molar refractivity (Wildman–Crippen MR) is 89.8 cm³/mol. The summed E-state index contributed by atoms with van der Waals surface area (Å²) in [5.41, 5.74) is 4.24. The highest BCUT2D eigenvalue weighted by atomic mass is 16.5. The molecule has 3 heteroatoms. The van der Waals surface area contributed by atoms with Gasteiger partial charge in [0.05, 0.1) is 7.11 Å². The largest absolute Gasteiger partial charge is 0.496 e. The van der Waals surface area contributed by atoms with E-state index in [0.29, 0.717) is 0 Å². The number of aliphatic imine (C=N–C) groups is 1. The zero-order chi connectivity index (χ0) is 15.4. The van der Waals surface area contributed by atoms with Crippen LogP contribution in [0.1, 0.15) is 31.4 Å². The maximum absolute atomic E-state index is 5.48. The number of methoxy groups -OCH3 is 1. The zero-order valence-corrected chi connectivity index (χ0v) is 13.4. The number of rotatable bonds is 4. The van der Waals surface area contributed by atoms with E-state index in [4.69, 9.17) is 9.73 Å². The predicted octanol–water partition coefficient (Wildman–Crippen LogP) is 4.04. The first kappa shape index (κ1) is 15.4. The Morgan fingerprint density at radius 3 is 2.57 bits per heavy atom. The molecule has 112 valence electrons. The Balaban J connectivity index is 2.44. The van der Waals surface area contributed by atoms with Gasteiger partial charge in [0.2, 0.25) is 0 Å². The van der Waals surface area contributed by atoms with E-state index in [2.05, 4.69) is 31.4 Å². The summed E-state index contributed by atoms with van der Waals surface area (Å²) in [4.78, 5) is 7.04. The fraction of sp³-hybridized carbons (Fsp3) is 0.389. The van der Waals surface area contributed by atoms with Gasteiger partial charge in [-0.3, -0.25) is 0 Å². The Hall–Kier alpha value is -2.03. The van der Waals surface area contributed by atoms with Gasteiger partial charge in [-0.15, -0.1) is 0 Å². The zero-order valence-electron chi connectivity index (χ0n) is 13.4. The summed E-state index contributed by atoms with van der Waals surface area (Å²) in [7, 11) is 1.69. The van der Waals surface area contributed by atoms with Gasteiger partial charge < -0.3 is 9.64 Å². The van der Waals surface area contributed by atoms with E-state index in [1.807, 2.05) is 25.1 Å². The van der Waals surface area contributed by atoms with Crippen molar-refractivity contribution in [1.29, 1.82) is 0 Å². The van der Waals surface area contributed by atoms with Crippen LogP contribution in [0.2, 0.25) is 0 Å². The fourth-order valence-corrected chi connectivity index (χ4v) is 2.50. The van der Waals surface area contributed by atoms with Gasteiger partial charge >= 0.3 is 0 Å². The molecule has 0 amide bonds. The molecule has 0 spiro atoms. The summed E-state index contributed by atoms with van der Waals surface area (Å²) in [5.74, 6) is 1.93. The molecule has 21 heavy (non-hydrogen) atoms. The molecular formula is C18H24N2O. The lowest BCUT2D eigenvalue weighted by Crippen LogP contribution is -2.40. The Morgan fingerprint density at radius 2 is 2.05 bits per heavy atom. The Morgan fingerprint density at radius 1 is 1.33 bits per heavy atom. The Labute approximate surface area is 127 Å². The SMILES string of the molecule is C=C/C(=C(/C)N=C(C)N1CCC1)c1cc(C)ccc1OC. The first-order valence-corrected chi connectivity index (χ1v) is 7.35. The highest BCUT2D eigenvalue weighted by molar-refractivity contribution is 5.85. The molecule has 0 aromatic heterocycles. The number of hydrogen-bond donors (Lipinski definition) is 0. The minimum Gasteiger partial charge on any atom is -0.496 e. The van der Waals surface area contributed by atoms with Gasteiger partial charge in [0.15, 0.2) is 0 Å². The average molecular weight is 284 g/mol. The van der Waals surface area contributed by atoms with Crippen molar-refractivity contribution in [3.05, 3.63) is 47.7 Å². The molecule has 0 atom stereocenters. The summed E-state index contributed by atoms with van der Waals surface area (Å²) in [6.45, 7) is 12.3. The van der Waals surface area contributed by atoms with Crippen LogP contribution in [0, 0.1) is 6.92 Å². The van der Waals surface area contributed by atoms with Crippen molar-refractivity contribution in [2.75, 3.05) is 20.2 Å². The average Bonchev–Trinajstić information content (AvgIpc) is 2.37. The third kappa shape index (κ3) is 3.35. The van der Waals surface area contributed by atoms with E-state index < -0.39 is 0 Å². The van der Waals surface area contributed by atoms with E-state index in [9.17, 15) is 0 Å². The Bertz CT molecular complexity index is 595. The molecule has 1 saturated heterocycles. The topological polar surface area (TPSA) is 24.8 Å². The molecule has 0 N–H and O–H groups in total. The minimum absolute atomic E-state index is 0.853. The molecule has 0 saturated carbocycles. The molecule has 1 aliphatic heterocycles. The fourth-order valence-electron chi connectivity index (χ4n) is 2.50. The van der Waals surface area contributed by atoms with Crippen LogP contribution in [-0.4, -0.2) is 30.9 Å². The lowest BCUT2D eigenvalue weighted by Gasteiger charge is -2.32. The molecule has 2 rings (SSSR count). The van der Waals surface area contributed by atoms with E-state index in [1.54, 1.807) is 7.11 Å². The number of allylic oxidation sites excluding steroid dienone is 3. The highest BCUT2D eigenvalue weighted by Gasteiger charge is 2.15. The summed E-state index contributed by atoms with van der Waals surface area (Å²) in [5, 5.41) is 0. The molecule has 0 bridgehead atoms. The van der Waals surface area contributed by atoms with Gasteiger partial charge in [0, 0.05) is 29.9 Å². The molecule has 1 aliphatic rings. The molecule has 1 fully saturated rings. The maximum Gasteiger partial charge on any atom is 0.126 e. The molecule has 0 radical (unpaired) electrons. The van der Waals surface area contributed by atoms with Crippen LogP contribution in [0.5, 0.6) is 5.75 Å². The van der Waals surface area contributed by atoms with Crippen LogP contribution in [0.25, 0.3) is 5.57 Å². The molecule has 1 aromatic rings. The molecule has 3 nitrogen and oxygen atoms in total. The van der Waals surface area contributed by atoms with Crippen LogP contribution in [0.3, 0.4) is 0 Å². The van der Waals surface area contributed by atoms with Gasteiger partial charge in [-0.25, -0.2) is 4.99 Å². The number of amidine groups is 1. The van der Waals surface area contributed by atoms with E-state index in [-0.39, 0.29) is 0 Å². The normalized spacial score (nSPS) is 16.2. The summed E-state index contributed by atoms with van der Waals surface area (Å²) >= 11 is 0. The molecule has 0 unspecified atom stereocenters. The van der Waals surface area contributed by atoms with Crippen molar-refractivity contribution in [3.63, 3.8) is 0 Å². The van der Waals surface area contributed by atoms with Gasteiger partial charge in [-0.2, -0.15) is 0 Å². The minimum atomic E-state index is 0.853. The van der Waals surface area contributed by atoms with Crippen molar-refractivity contribution >= 4 is 11.4 Å². The maximum atomic E-state index is 5.48. The van der Waals surface area contributed by atoms with Crippen LogP contribution in [0.4, 0.5) is 0 Å². The van der Waals surface area contributed by atoms with E-state index in [1.165, 1.54) is 12.0 Å². The number of nitrogens with zero attached hydrogens (tertiary/aromatic N) is 2. The van der Waals surface area contributed by atoms with Gasteiger partial charge in [0.25, 0.3) is 0 Å². The summed E-state index contributed by atoms with van der Waals surface area (Å²) < 4.78 is 5.48. The van der Waals surface area contributed by atoms with E-state index in [0.717, 1.165) is 41.5 Å². The second kappa shape index (κ2) is 6.61. The monoisotopic (exact) mass is 284 g/mol. The van der Waals surface area contributed by atoms with Crippen LogP contribution in [0.15, 0.2) is 41.5 Å². The summed E-state index contributed by atoms with van der Waals surface area (Å²) in [6.07, 6.45) is 3.12. The van der Waals surface area contributed by atoms with E-state index >= 15 is 0 Å². The van der Waals surface area contributed by atoms with Crippen molar-refractivity contribution in [1.82, 2.24) is 4.90 Å². The lowest BCUT2D eigenvalue weighted by atomic mass is 10.0. The van der Waals surface area contributed by atoms with Crippen molar-refractivity contribution in [2.24, 2.45) is 4.99 Å². The van der Waals surface area contributed by atoms with Crippen LogP contribution in [-0.2, 0) is 0 Å². The third-order valence-corrected chi connectivity index (χ3v) is 3.88. The van der Waals surface area contributed by atoms with Crippen molar-refractivity contribution < 1.29 is 4.74 Å². The Kier molecular flexibility index (Phi) is 4.84. The summed E-state index contributed by atoms with van der Waals surface area (Å²) in [6, 6.07) is 6.16. The highest BCUT2D eigenvalue weighted by Crippen LogP contribution is 2.30. The van der Waals surface area contributed by atoms with Gasteiger partial charge in [0.1, 0.15) is 11.6 Å². The second-order valence-electron chi connectivity index (χ2n) is 5.41. The molecule has 1 heterocycles. The lowest BCUT2D eigenvalue weighted by molar-refractivity contribution is 0.298. The quantitative estimate of drug-likeness (QED) is 0.473. The third-order valence-electron chi connectivity index (χ3n) is 3.88. The second-order valence-corrected chi connectivity index (χ2v) is 5.41. The van der Waals surface area contributed by atoms with Gasteiger partial charge in [-0.05, 0) is 39.3 Å². The van der Waals surface area contributed by atoms with Crippen LogP contribution >= 0.6 is 0 Å².